The van der Waals surface area contributed by atoms with E-state index in [0.717, 1.165) is 81.8 Å². The van der Waals surface area contributed by atoms with Crippen LogP contribution in [-0.4, -0.2) is 105 Å². The molecule has 66 heavy (non-hydrogen) atoms. The van der Waals surface area contributed by atoms with Gasteiger partial charge in [0.05, 0.1) is 39.0 Å². The van der Waals surface area contributed by atoms with Gasteiger partial charge in [-0.25, -0.2) is 14.8 Å². The number of hydrogen-bond acceptors (Lipinski definition) is 12. The normalized spacial score (nSPS) is 13.8. The van der Waals surface area contributed by atoms with E-state index in [1.807, 2.05) is 104 Å². The lowest BCUT2D eigenvalue weighted by molar-refractivity contribution is -0.145. The Kier molecular flexibility index (Phi) is 13.4. The number of aromatic nitrogens is 5. The van der Waals surface area contributed by atoms with E-state index in [-0.39, 0.29) is 18.9 Å². The predicted molar refractivity (Wildman–Crippen MR) is 260 cm³/mol. The van der Waals surface area contributed by atoms with Crippen LogP contribution in [0.4, 0.5) is 0 Å². The molecule has 16 heteroatoms. The first-order valence-corrected chi connectivity index (χ1v) is 23.0. The predicted octanol–water partition coefficient (Wildman–Crippen LogP) is 9.88. The first-order chi connectivity index (χ1) is 32.0. The van der Waals surface area contributed by atoms with Crippen molar-refractivity contribution in [2.24, 2.45) is 7.05 Å². The van der Waals surface area contributed by atoms with Crippen LogP contribution < -0.4 is 18.9 Å². The Labute approximate surface area is 396 Å². The highest BCUT2D eigenvalue weighted by atomic mass is 35.5. The summed E-state index contributed by atoms with van der Waals surface area (Å²) in [6, 6.07) is 30.3. The topological polar surface area (TPSA) is 137 Å². The number of carbonyl (C=O) groups is 1. The molecule has 9 rings (SSSR count). The molecule has 1 N–H and O–H groups in total. The Balaban J connectivity index is 1.03. The van der Waals surface area contributed by atoms with Gasteiger partial charge in [-0.3, -0.25) is 9.58 Å². The highest BCUT2D eigenvalue weighted by Gasteiger charge is 2.27. The van der Waals surface area contributed by atoms with Crippen LogP contribution in [0.25, 0.3) is 54.8 Å². The second kappa shape index (κ2) is 19.7. The van der Waals surface area contributed by atoms with Crippen LogP contribution in [-0.2, 0) is 24.9 Å². The van der Waals surface area contributed by atoms with Gasteiger partial charge in [-0.1, -0.05) is 59.6 Å². The number of likely N-dealkylation sites (N-methyl/N-ethyl adjacent to an activating group) is 1. The summed E-state index contributed by atoms with van der Waals surface area (Å²) >= 11 is 14.8. The van der Waals surface area contributed by atoms with E-state index >= 15 is 0 Å². The van der Waals surface area contributed by atoms with Crippen molar-refractivity contribution in [3.63, 3.8) is 0 Å². The zero-order valence-corrected chi connectivity index (χ0v) is 39.2. The van der Waals surface area contributed by atoms with Crippen molar-refractivity contribution >= 4 is 61.7 Å². The minimum Gasteiger partial charge on any atom is -0.496 e. The lowest BCUT2D eigenvalue weighted by Crippen LogP contribution is -2.45. The maximum absolute atomic E-state index is 13.1. The number of aryl methyl sites for hydroxylation is 1. The molecular weight excluding hydrogens is 898 g/mol. The standard InChI is InChI=1S/C50H47Cl2N7O6S/c1-30-35(15-16-42(46(30)52)63-24-23-59-21-19-57(2)20-22-59)38-25-32(47-36-14-13-33(51)28-39(36)58(3)55-47)27-44-45(38)49(56-66-44)65-43(50(60)61)26-31-9-5-7-11-40(31)64-29-34-17-18-53-48(54-34)37-10-6-8-12-41(37)62-4/h5-18,25,27-28,43H,19-24,26,29H2,1-4H3,(H,60,61)/t43-/m1/s1. The maximum Gasteiger partial charge on any atom is 0.345 e. The third-order valence-electron chi connectivity index (χ3n) is 11.9. The summed E-state index contributed by atoms with van der Waals surface area (Å²) in [4.78, 5) is 27.0. The van der Waals surface area contributed by atoms with E-state index in [2.05, 4.69) is 21.8 Å². The number of fused-ring (bicyclic) bond motifs is 2. The summed E-state index contributed by atoms with van der Waals surface area (Å²) in [5.74, 6) is 1.28. The van der Waals surface area contributed by atoms with Crippen molar-refractivity contribution in [2.45, 2.75) is 26.1 Å². The molecule has 5 aromatic carbocycles. The molecule has 0 saturated carbocycles. The SMILES string of the molecule is COc1ccccc1-c1nccc(COc2ccccc2C[C@@H](Oc2nsc3cc(-c4nn(C)c5cc(Cl)ccc45)cc(-c4ccc(OCCN5CCN(C)CC5)c(Cl)c4C)c23)C(=O)O)n1. The summed E-state index contributed by atoms with van der Waals surface area (Å²) in [7, 11) is 5.63. The fraction of sp³-hybridized carbons (Fsp3) is 0.260. The lowest BCUT2D eigenvalue weighted by Gasteiger charge is -2.32. The number of carboxylic acid groups (broad SMARTS) is 1. The summed E-state index contributed by atoms with van der Waals surface area (Å²) in [6.45, 7) is 7.42. The summed E-state index contributed by atoms with van der Waals surface area (Å²) in [5.41, 5.74) is 6.87. The van der Waals surface area contributed by atoms with Gasteiger partial charge in [0.15, 0.2) is 5.82 Å². The van der Waals surface area contributed by atoms with E-state index in [4.69, 9.17) is 56.6 Å². The van der Waals surface area contributed by atoms with Gasteiger partial charge in [-0.15, -0.1) is 0 Å². The van der Waals surface area contributed by atoms with Crippen LogP contribution >= 0.6 is 34.7 Å². The van der Waals surface area contributed by atoms with E-state index in [1.165, 1.54) is 11.5 Å². The zero-order chi connectivity index (χ0) is 45.9. The minimum absolute atomic E-state index is 0.0122. The van der Waals surface area contributed by atoms with Gasteiger partial charge in [0.25, 0.3) is 0 Å². The molecule has 3 aromatic heterocycles. The second-order valence-electron chi connectivity index (χ2n) is 16.2. The van der Waals surface area contributed by atoms with Crippen LogP contribution in [0.15, 0.2) is 103 Å². The number of hydrogen-bond donors (Lipinski definition) is 1. The number of nitrogens with zero attached hydrogens (tertiary/aromatic N) is 7. The number of aliphatic carboxylic acids is 1. The molecule has 1 saturated heterocycles. The Morgan fingerprint density at radius 2 is 1.65 bits per heavy atom. The molecule has 1 fully saturated rings. The van der Waals surface area contributed by atoms with Crippen LogP contribution in [0, 0.1) is 6.92 Å². The molecule has 8 aromatic rings. The fourth-order valence-corrected chi connectivity index (χ4v) is 9.42. The first-order valence-electron chi connectivity index (χ1n) is 21.5. The van der Waals surface area contributed by atoms with Gasteiger partial charge >= 0.3 is 5.97 Å². The number of para-hydroxylation sites is 2. The zero-order valence-electron chi connectivity index (χ0n) is 36.8. The number of methoxy groups -OCH3 is 1. The minimum atomic E-state index is -1.32. The highest BCUT2D eigenvalue weighted by molar-refractivity contribution is 7.13. The van der Waals surface area contributed by atoms with Gasteiger partial charge in [0, 0.05) is 68.4 Å². The number of piperazine rings is 1. The van der Waals surface area contributed by atoms with E-state index in [0.29, 0.717) is 56.4 Å². The molecule has 1 aliphatic rings. The number of halogens is 2. The molecule has 1 aliphatic heterocycles. The molecule has 0 spiro atoms. The van der Waals surface area contributed by atoms with Gasteiger partial charge in [0.2, 0.25) is 12.0 Å². The van der Waals surface area contributed by atoms with Crippen LogP contribution in [0.5, 0.6) is 23.1 Å². The molecule has 0 radical (unpaired) electrons. The van der Waals surface area contributed by atoms with Crippen molar-refractivity contribution in [3.8, 4) is 56.9 Å². The smallest absolute Gasteiger partial charge is 0.345 e. The van der Waals surface area contributed by atoms with Crippen molar-refractivity contribution < 1.29 is 28.8 Å². The van der Waals surface area contributed by atoms with Crippen molar-refractivity contribution in [1.29, 1.82) is 0 Å². The molecule has 338 valence electrons. The van der Waals surface area contributed by atoms with Gasteiger partial charge in [-0.05, 0) is 108 Å². The summed E-state index contributed by atoms with van der Waals surface area (Å²) < 4.78 is 31.9. The van der Waals surface area contributed by atoms with Gasteiger partial charge in [-0.2, -0.15) is 9.47 Å². The third kappa shape index (κ3) is 9.51. The molecule has 1 atom stereocenters. The van der Waals surface area contributed by atoms with Gasteiger partial charge in [0.1, 0.15) is 36.2 Å². The van der Waals surface area contributed by atoms with Crippen LogP contribution in [0.3, 0.4) is 0 Å². The quantitative estimate of drug-likeness (QED) is 0.0988. The summed E-state index contributed by atoms with van der Waals surface area (Å²) in [5, 5.41) is 18.3. The summed E-state index contributed by atoms with van der Waals surface area (Å²) in [6.07, 6.45) is 0.335. The number of rotatable bonds is 16. The van der Waals surface area contributed by atoms with Crippen LogP contribution in [0.1, 0.15) is 16.8 Å². The monoisotopic (exact) mass is 943 g/mol. The van der Waals surface area contributed by atoms with Crippen molar-refractivity contribution in [3.05, 3.63) is 130 Å². The van der Waals surface area contributed by atoms with Gasteiger partial charge < -0.3 is 29.0 Å². The molecule has 0 bridgehead atoms. The van der Waals surface area contributed by atoms with E-state index < -0.39 is 12.1 Å². The number of carboxylic acids is 1. The number of ether oxygens (including phenoxy) is 4. The fourth-order valence-electron chi connectivity index (χ4n) is 8.25. The molecule has 0 unspecified atom stereocenters. The maximum atomic E-state index is 13.1. The van der Waals surface area contributed by atoms with E-state index in [9.17, 15) is 9.90 Å². The molecular formula is C50H47Cl2N7O6S. The Morgan fingerprint density at radius 3 is 2.45 bits per heavy atom. The Bertz CT molecular complexity index is 3060. The van der Waals surface area contributed by atoms with Crippen LogP contribution in [0.2, 0.25) is 10.0 Å². The van der Waals surface area contributed by atoms with Crippen molar-refractivity contribution in [2.75, 3.05) is 53.5 Å². The second-order valence-corrected chi connectivity index (χ2v) is 17.8. The molecule has 4 heterocycles. The van der Waals surface area contributed by atoms with E-state index in [1.54, 1.807) is 25.4 Å². The Hall–Kier alpha value is -6.29. The average Bonchev–Trinajstić information content (AvgIpc) is 3.89. The molecule has 0 amide bonds. The van der Waals surface area contributed by atoms with Crippen molar-refractivity contribution in [1.82, 2.24) is 33.9 Å². The average molecular weight is 945 g/mol. The lowest BCUT2D eigenvalue weighted by atomic mass is 9.94. The Morgan fingerprint density at radius 1 is 0.864 bits per heavy atom. The first kappa shape index (κ1) is 44.9. The molecule has 13 nitrogen and oxygen atoms in total. The third-order valence-corrected chi connectivity index (χ3v) is 13.4. The largest absolute Gasteiger partial charge is 0.496 e. The molecule has 0 aliphatic carbocycles. The number of benzene rings is 5. The highest BCUT2D eigenvalue weighted by Crippen LogP contribution is 2.45.